The molecule has 0 heteroatoms. The summed E-state index contributed by atoms with van der Waals surface area (Å²) in [5.41, 5.74) is 0.689. The van der Waals surface area contributed by atoms with Crippen LogP contribution in [0.25, 0.3) is 0 Å². The van der Waals surface area contributed by atoms with Gasteiger partial charge >= 0.3 is 0 Å². The highest BCUT2D eigenvalue weighted by atomic mass is 14.3. The summed E-state index contributed by atoms with van der Waals surface area (Å²) in [7, 11) is 0. The summed E-state index contributed by atoms with van der Waals surface area (Å²) in [5.74, 6) is 0. The number of hydrogen-bond donors (Lipinski definition) is 0. The molecule has 0 amide bonds. The standard InChI is InChI=1S/C32H66/c1-5-9-13-17-18-19-20-21-22-23-27-31-32(28-24-14-10-6-2,29-25-15-11-7-3)30-26-16-12-8-4/h5-31H2,1-4H3. The zero-order valence-corrected chi connectivity index (χ0v) is 23.6. The molecular weight excluding hydrogens is 384 g/mol. The average molecular weight is 451 g/mol. The molecule has 0 radical (unpaired) electrons. The first-order valence-electron chi connectivity index (χ1n) is 15.7. The van der Waals surface area contributed by atoms with Crippen molar-refractivity contribution in [2.45, 2.75) is 201 Å². The number of unbranched alkanes of at least 4 members (excludes halogenated alkanes) is 19. The van der Waals surface area contributed by atoms with Gasteiger partial charge in [0.05, 0.1) is 0 Å². The molecule has 0 saturated carbocycles. The quantitative estimate of drug-likeness (QED) is 0.109. The van der Waals surface area contributed by atoms with Crippen molar-refractivity contribution in [3.8, 4) is 0 Å². The lowest BCUT2D eigenvalue weighted by Crippen LogP contribution is -2.21. The molecule has 0 bridgehead atoms. The fourth-order valence-corrected chi connectivity index (χ4v) is 5.69. The molecule has 0 aromatic heterocycles. The smallest absolute Gasteiger partial charge is 0.0297 e. The van der Waals surface area contributed by atoms with Gasteiger partial charge < -0.3 is 0 Å². The van der Waals surface area contributed by atoms with Crippen molar-refractivity contribution >= 4 is 0 Å². The maximum Gasteiger partial charge on any atom is -0.0297 e. The fraction of sp³-hybridized carbons (Fsp3) is 1.00. The van der Waals surface area contributed by atoms with Gasteiger partial charge in [0.2, 0.25) is 0 Å². The Hall–Kier alpha value is 0. The molecular formula is C32H66. The van der Waals surface area contributed by atoms with E-state index >= 15 is 0 Å². The normalized spacial score (nSPS) is 12.0. The van der Waals surface area contributed by atoms with Crippen LogP contribution in [0.5, 0.6) is 0 Å². The average Bonchev–Trinajstić information content (AvgIpc) is 2.81. The third-order valence-electron chi connectivity index (χ3n) is 7.99. The first-order chi connectivity index (χ1) is 15.7. The van der Waals surface area contributed by atoms with Crippen molar-refractivity contribution in [2.24, 2.45) is 5.41 Å². The highest BCUT2D eigenvalue weighted by molar-refractivity contribution is 4.80. The van der Waals surface area contributed by atoms with Crippen LogP contribution < -0.4 is 0 Å². The van der Waals surface area contributed by atoms with Crippen molar-refractivity contribution in [2.75, 3.05) is 0 Å². The van der Waals surface area contributed by atoms with Gasteiger partial charge in [0.25, 0.3) is 0 Å². The lowest BCUT2D eigenvalue weighted by atomic mass is 9.70. The van der Waals surface area contributed by atoms with E-state index in [0.29, 0.717) is 5.41 Å². The Labute approximate surface area is 206 Å². The lowest BCUT2D eigenvalue weighted by Gasteiger charge is -2.35. The Morgan fingerprint density at radius 1 is 0.250 bits per heavy atom. The Balaban J connectivity index is 4.39. The Morgan fingerprint density at radius 3 is 0.688 bits per heavy atom. The summed E-state index contributed by atoms with van der Waals surface area (Å²) >= 11 is 0. The predicted molar refractivity (Wildman–Crippen MR) is 150 cm³/mol. The van der Waals surface area contributed by atoms with Crippen molar-refractivity contribution in [1.29, 1.82) is 0 Å². The fourth-order valence-electron chi connectivity index (χ4n) is 5.69. The van der Waals surface area contributed by atoms with E-state index in [2.05, 4.69) is 27.7 Å². The summed E-state index contributed by atoms with van der Waals surface area (Å²) < 4.78 is 0. The summed E-state index contributed by atoms with van der Waals surface area (Å²) in [6.07, 6.45) is 39.7. The van der Waals surface area contributed by atoms with E-state index in [-0.39, 0.29) is 0 Å². The van der Waals surface area contributed by atoms with E-state index in [1.54, 1.807) is 0 Å². The second kappa shape index (κ2) is 25.6. The summed E-state index contributed by atoms with van der Waals surface area (Å²) in [4.78, 5) is 0. The predicted octanol–water partition coefficient (Wildman–Crippen LogP) is 12.6. The van der Waals surface area contributed by atoms with Gasteiger partial charge in [-0.1, -0.05) is 175 Å². The Bertz CT molecular complexity index is 300. The molecule has 0 fully saturated rings. The van der Waals surface area contributed by atoms with Gasteiger partial charge in [-0.3, -0.25) is 0 Å². The Morgan fingerprint density at radius 2 is 0.438 bits per heavy atom. The summed E-state index contributed by atoms with van der Waals surface area (Å²) in [6, 6.07) is 0. The summed E-state index contributed by atoms with van der Waals surface area (Å²) in [6.45, 7) is 9.38. The van der Waals surface area contributed by atoms with Gasteiger partial charge in [0.15, 0.2) is 0 Å². The molecule has 194 valence electrons. The highest BCUT2D eigenvalue weighted by Crippen LogP contribution is 2.42. The molecule has 0 spiro atoms. The number of hydrogen-bond acceptors (Lipinski definition) is 0. The third kappa shape index (κ3) is 20.6. The molecule has 0 saturated heterocycles. The molecule has 0 aromatic rings. The largest absolute Gasteiger partial charge is 0.0654 e. The topological polar surface area (TPSA) is 0 Å². The number of rotatable bonds is 27. The maximum absolute atomic E-state index is 2.36. The Kier molecular flexibility index (Phi) is 25.6. The molecule has 0 unspecified atom stereocenters. The summed E-state index contributed by atoms with van der Waals surface area (Å²) in [5, 5.41) is 0. The molecule has 0 nitrogen and oxygen atoms in total. The van der Waals surface area contributed by atoms with Crippen molar-refractivity contribution in [3.05, 3.63) is 0 Å². The highest BCUT2D eigenvalue weighted by Gasteiger charge is 2.28. The van der Waals surface area contributed by atoms with Gasteiger partial charge in [-0.2, -0.15) is 0 Å². The SMILES string of the molecule is CCCCCCCCCCCCCC(CCCCCC)(CCCCCC)CCCCCC. The monoisotopic (exact) mass is 451 g/mol. The van der Waals surface area contributed by atoms with Crippen LogP contribution in [0.3, 0.4) is 0 Å². The van der Waals surface area contributed by atoms with Crippen LogP contribution in [0.1, 0.15) is 201 Å². The molecule has 0 N–H and O–H groups in total. The third-order valence-corrected chi connectivity index (χ3v) is 7.99. The zero-order chi connectivity index (χ0) is 23.6. The molecule has 0 atom stereocenters. The van der Waals surface area contributed by atoms with Gasteiger partial charge in [0.1, 0.15) is 0 Å². The molecule has 0 aliphatic heterocycles. The van der Waals surface area contributed by atoms with Crippen LogP contribution in [-0.2, 0) is 0 Å². The van der Waals surface area contributed by atoms with Gasteiger partial charge in [0, 0.05) is 0 Å². The minimum atomic E-state index is 0.689. The molecule has 32 heavy (non-hydrogen) atoms. The van der Waals surface area contributed by atoms with Crippen molar-refractivity contribution in [3.63, 3.8) is 0 Å². The van der Waals surface area contributed by atoms with Crippen LogP contribution >= 0.6 is 0 Å². The first-order valence-corrected chi connectivity index (χ1v) is 15.7. The van der Waals surface area contributed by atoms with E-state index < -0.39 is 0 Å². The van der Waals surface area contributed by atoms with Crippen LogP contribution in [0, 0.1) is 5.41 Å². The van der Waals surface area contributed by atoms with E-state index in [1.807, 2.05) is 0 Å². The van der Waals surface area contributed by atoms with Crippen LogP contribution in [-0.4, -0.2) is 0 Å². The van der Waals surface area contributed by atoms with Crippen molar-refractivity contribution in [1.82, 2.24) is 0 Å². The van der Waals surface area contributed by atoms with E-state index in [1.165, 1.54) is 173 Å². The van der Waals surface area contributed by atoms with Crippen LogP contribution in [0.4, 0.5) is 0 Å². The second-order valence-electron chi connectivity index (χ2n) is 11.2. The van der Waals surface area contributed by atoms with Gasteiger partial charge in [-0.25, -0.2) is 0 Å². The first kappa shape index (κ1) is 32.0. The van der Waals surface area contributed by atoms with E-state index in [9.17, 15) is 0 Å². The molecule has 0 aromatic carbocycles. The van der Waals surface area contributed by atoms with E-state index in [4.69, 9.17) is 0 Å². The molecule has 0 aliphatic carbocycles. The zero-order valence-electron chi connectivity index (χ0n) is 23.6. The lowest BCUT2D eigenvalue weighted by molar-refractivity contribution is 0.172. The minimum absolute atomic E-state index is 0.689. The van der Waals surface area contributed by atoms with Crippen LogP contribution in [0.2, 0.25) is 0 Å². The molecule has 0 aliphatic rings. The van der Waals surface area contributed by atoms with Gasteiger partial charge in [-0.05, 0) is 31.1 Å². The maximum atomic E-state index is 2.36. The molecule has 0 heterocycles. The minimum Gasteiger partial charge on any atom is -0.0654 e. The van der Waals surface area contributed by atoms with E-state index in [0.717, 1.165) is 0 Å². The molecule has 0 rings (SSSR count). The van der Waals surface area contributed by atoms with Crippen LogP contribution in [0.15, 0.2) is 0 Å². The van der Waals surface area contributed by atoms with Crippen molar-refractivity contribution < 1.29 is 0 Å². The van der Waals surface area contributed by atoms with Gasteiger partial charge in [-0.15, -0.1) is 0 Å². The second-order valence-corrected chi connectivity index (χ2v) is 11.2.